The molecule has 0 bridgehead atoms. The number of nitrogens with zero attached hydrogens (tertiary/aromatic N) is 1. The Labute approximate surface area is 121 Å². The molecule has 0 aliphatic carbocycles. The van der Waals surface area contributed by atoms with Gasteiger partial charge < -0.3 is 14.6 Å². The van der Waals surface area contributed by atoms with Crippen molar-refractivity contribution in [1.82, 2.24) is 9.88 Å². The second kappa shape index (κ2) is 8.43. The van der Waals surface area contributed by atoms with Gasteiger partial charge in [0.2, 0.25) is 0 Å². The quantitative estimate of drug-likeness (QED) is 0.708. The Morgan fingerprint density at radius 1 is 1.10 bits per heavy atom. The lowest BCUT2D eigenvalue weighted by atomic mass is 10.3. The Kier molecular flexibility index (Phi) is 6.18. The molecule has 0 spiro atoms. The monoisotopic (exact) mass is 272 g/mol. The third kappa shape index (κ3) is 4.74. The zero-order valence-electron chi connectivity index (χ0n) is 12.2. The molecule has 108 valence electrons. The van der Waals surface area contributed by atoms with Crippen molar-refractivity contribution in [2.45, 2.75) is 32.9 Å². The fraction of sp³-hybridized carbons (Fsp3) is 0.412. The maximum absolute atomic E-state index is 5.66. The van der Waals surface area contributed by atoms with Gasteiger partial charge in [-0.05, 0) is 43.7 Å². The number of hydrogen-bond donors (Lipinski definition) is 1. The molecule has 0 atom stereocenters. The van der Waals surface area contributed by atoms with Crippen LogP contribution in [0.15, 0.2) is 48.7 Å². The molecule has 1 N–H and O–H groups in total. The van der Waals surface area contributed by atoms with Gasteiger partial charge in [-0.1, -0.05) is 25.1 Å². The van der Waals surface area contributed by atoms with Gasteiger partial charge in [0, 0.05) is 25.0 Å². The van der Waals surface area contributed by atoms with E-state index in [2.05, 4.69) is 35.1 Å². The lowest BCUT2D eigenvalue weighted by molar-refractivity contribution is 0.308. The van der Waals surface area contributed by atoms with E-state index in [9.17, 15) is 0 Å². The van der Waals surface area contributed by atoms with Crippen LogP contribution in [-0.2, 0) is 13.1 Å². The Balaban J connectivity index is 1.58. The number of nitrogens with one attached hydrogen (secondary N) is 1. The Morgan fingerprint density at radius 2 is 1.95 bits per heavy atom. The van der Waals surface area contributed by atoms with Crippen LogP contribution in [0.3, 0.4) is 0 Å². The molecule has 0 unspecified atom stereocenters. The molecular weight excluding hydrogens is 248 g/mol. The molecule has 0 aliphatic rings. The molecule has 1 aromatic carbocycles. The Hall–Kier alpha value is -1.74. The van der Waals surface area contributed by atoms with Gasteiger partial charge in [-0.3, -0.25) is 0 Å². The predicted octanol–water partition coefficient (Wildman–Crippen LogP) is 3.46. The molecule has 2 aromatic rings. The van der Waals surface area contributed by atoms with Crippen LogP contribution in [-0.4, -0.2) is 17.7 Å². The maximum atomic E-state index is 5.66. The van der Waals surface area contributed by atoms with Gasteiger partial charge in [0.25, 0.3) is 0 Å². The Bertz CT molecular complexity index is 479. The highest BCUT2D eigenvalue weighted by Gasteiger charge is 1.99. The first-order valence-corrected chi connectivity index (χ1v) is 7.42. The average molecular weight is 272 g/mol. The summed E-state index contributed by atoms with van der Waals surface area (Å²) in [4.78, 5) is 0. The summed E-state index contributed by atoms with van der Waals surface area (Å²) in [5.74, 6) is 0.948. The first-order chi connectivity index (χ1) is 9.90. The molecule has 0 fully saturated rings. The van der Waals surface area contributed by atoms with Crippen LogP contribution in [0.2, 0.25) is 0 Å². The van der Waals surface area contributed by atoms with Crippen molar-refractivity contribution in [3.8, 4) is 5.75 Å². The molecule has 2 rings (SSSR count). The van der Waals surface area contributed by atoms with Crippen molar-refractivity contribution in [2.24, 2.45) is 0 Å². The molecule has 1 aromatic heterocycles. The number of aryl methyl sites for hydroxylation is 1. The van der Waals surface area contributed by atoms with Crippen molar-refractivity contribution in [3.05, 3.63) is 54.4 Å². The number of para-hydroxylation sites is 1. The van der Waals surface area contributed by atoms with Crippen LogP contribution in [0, 0.1) is 0 Å². The highest BCUT2D eigenvalue weighted by atomic mass is 16.5. The van der Waals surface area contributed by atoms with E-state index < -0.39 is 0 Å². The summed E-state index contributed by atoms with van der Waals surface area (Å²) in [5.41, 5.74) is 1.36. The predicted molar refractivity (Wildman–Crippen MR) is 83.0 cm³/mol. The zero-order valence-corrected chi connectivity index (χ0v) is 12.2. The smallest absolute Gasteiger partial charge is 0.119 e. The first-order valence-electron chi connectivity index (χ1n) is 7.42. The van der Waals surface area contributed by atoms with E-state index in [1.165, 1.54) is 12.1 Å². The fourth-order valence-electron chi connectivity index (χ4n) is 2.19. The molecule has 3 nitrogen and oxygen atoms in total. The molecule has 0 aliphatic heterocycles. The van der Waals surface area contributed by atoms with Crippen molar-refractivity contribution < 1.29 is 4.74 Å². The number of ether oxygens (including phenoxy) is 1. The molecule has 0 amide bonds. The number of rotatable bonds is 9. The first kappa shape index (κ1) is 14.7. The van der Waals surface area contributed by atoms with Gasteiger partial charge in [0.1, 0.15) is 5.75 Å². The van der Waals surface area contributed by atoms with E-state index in [0.29, 0.717) is 0 Å². The van der Waals surface area contributed by atoms with Gasteiger partial charge in [0.05, 0.1) is 6.61 Å². The van der Waals surface area contributed by atoms with E-state index in [4.69, 9.17) is 4.74 Å². The number of benzene rings is 1. The summed E-state index contributed by atoms with van der Waals surface area (Å²) in [6.45, 7) is 5.97. The highest BCUT2D eigenvalue weighted by molar-refractivity contribution is 5.20. The van der Waals surface area contributed by atoms with E-state index in [0.717, 1.165) is 38.4 Å². The zero-order chi connectivity index (χ0) is 14.0. The minimum Gasteiger partial charge on any atom is -0.494 e. The third-order valence-electron chi connectivity index (χ3n) is 3.20. The summed E-state index contributed by atoms with van der Waals surface area (Å²) >= 11 is 0. The third-order valence-corrected chi connectivity index (χ3v) is 3.20. The number of aromatic nitrogens is 1. The average Bonchev–Trinajstić information content (AvgIpc) is 2.92. The van der Waals surface area contributed by atoms with Gasteiger partial charge in [0.15, 0.2) is 0 Å². The fourth-order valence-corrected chi connectivity index (χ4v) is 2.19. The van der Waals surface area contributed by atoms with Crippen LogP contribution >= 0.6 is 0 Å². The van der Waals surface area contributed by atoms with Gasteiger partial charge in [-0.25, -0.2) is 0 Å². The second-order valence-corrected chi connectivity index (χ2v) is 4.88. The van der Waals surface area contributed by atoms with Crippen molar-refractivity contribution in [3.63, 3.8) is 0 Å². The van der Waals surface area contributed by atoms with E-state index in [1.807, 2.05) is 30.3 Å². The minimum absolute atomic E-state index is 0.757. The Morgan fingerprint density at radius 3 is 2.75 bits per heavy atom. The van der Waals surface area contributed by atoms with Crippen LogP contribution < -0.4 is 10.1 Å². The maximum Gasteiger partial charge on any atom is 0.119 e. The second-order valence-electron chi connectivity index (χ2n) is 4.88. The van der Waals surface area contributed by atoms with Crippen molar-refractivity contribution in [1.29, 1.82) is 0 Å². The van der Waals surface area contributed by atoms with Gasteiger partial charge in [-0.2, -0.15) is 0 Å². The molecule has 3 heteroatoms. The molecule has 0 radical (unpaired) electrons. The summed E-state index contributed by atoms with van der Waals surface area (Å²) in [5, 5.41) is 3.47. The molecule has 20 heavy (non-hydrogen) atoms. The molecule has 1 heterocycles. The van der Waals surface area contributed by atoms with E-state index >= 15 is 0 Å². The lowest BCUT2D eigenvalue weighted by Gasteiger charge is -2.09. The highest BCUT2D eigenvalue weighted by Crippen LogP contribution is 2.08. The van der Waals surface area contributed by atoms with Crippen LogP contribution in [0.5, 0.6) is 5.75 Å². The summed E-state index contributed by atoms with van der Waals surface area (Å²) in [6.07, 6.45) is 4.34. The lowest BCUT2D eigenvalue weighted by Crippen LogP contribution is -2.19. The van der Waals surface area contributed by atoms with Crippen molar-refractivity contribution >= 4 is 0 Å². The van der Waals surface area contributed by atoms with Crippen LogP contribution in [0.25, 0.3) is 0 Å². The summed E-state index contributed by atoms with van der Waals surface area (Å²) < 4.78 is 7.97. The van der Waals surface area contributed by atoms with Crippen LogP contribution in [0.1, 0.15) is 25.5 Å². The standard InChI is InChI=1S/C17H24N2O/c1-2-12-19-13-6-8-16(19)15-18-11-7-14-20-17-9-4-3-5-10-17/h3-6,8-10,13,18H,2,7,11-12,14-15H2,1H3. The minimum atomic E-state index is 0.757. The normalized spacial score (nSPS) is 10.7. The topological polar surface area (TPSA) is 26.2 Å². The largest absolute Gasteiger partial charge is 0.494 e. The van der Waals surface area contributed by atoms with Crippen LogP contribution in [0.4, 0.5) is 0 Å². The van der Waals surface area contributed by atoms with E-state index in [-0.39, 0.29) is 0 Å². The number of hydrogen-bond acceptors (Lipinski definition) is 2. The summed E-state index contributed by atoms with van der Waals surface area (Å²) in [6, 6.07) is 14.3. The molecule has 0 saturated heterocycles. The SMILES string of the molecule is CCCn1cccc1CNCCCOc1ccccc1. The summed E-state index contributed by atoms with van der Waals surface area (Å²) in [7, 11) is 0. The molecular formula is C17H24N2O. The van der Waals surface area contributed by atoms with Gasteiger partial charge >= 0.3 is 0 Å². The molecule has 0 saturated carbocycles. The van der Waals surface area contributed by atoms with Gasteiger partial charge in [-0.15, -0.1) is 0 Å². The van der Waals surface area contributed by atoms with E-state index in [1.54, 1.807) is 0 Å². The van der Waals surface area contributed by atoms with Crippen molar-refractivity contribution in [2.75, 3.05) is 13.2 Å².